The third-order valence-electron chi connectivity index (χ3n) is 2.85. The van der Waals surface area contributed by atoms with Crippen molar-refractivity contribution in [2.24, 2.45) is 12.0 Å². The first-order chi connectivity index (χ1) is 10.3. The Kier molecular flexibility index (Phi) is 8.26. The quantitative estimate of drug-likeness (QED) is 0.320. The summed E-state index contributed by atoms with van der Waals surface area (Å²) in [4.78, 5) is 8.28. The van der Waals surface area contributed by atoms with Gasteiger partial charge in [0.2, 0.25) is 0 Å². The average Bonchev–Trinajstić information content (AvgIpc) is 2.93. The molecule has 0 saturated carbocycles. The highest BCUT2D eigenvalue weighted by Crippen LogP contribution is 2.07. The molecule has 0 aliphatic heterocycles. The topological polar surface area (TPSA) is 76.4 Å². The maximum Gasteiger partial charge on any atom is 0.191 e. The second-order valence-electron chi connectivity index (χ2n) is 4.31. The van der Waals surface area contributed by atoms with Crippen molar-refractivity contribution in [2.75, 3.05) is 20.2 Å². The molecule has 0 bridgehead atoms. The van der Waals surface area contributed by atoms with E-state index in [-0.39, 0.29) is 24.0 Å². The number of nitrogens with zero attached hydrogens (tertiary/aromatic N) is 4. The zero-order valence-corrected chi connectivity index (χ0v) is 15.0. The van der Waals surface area contributed by atoms with Crippen molar-refractivity contribution >= 4 is 29.9 Å². The summed E-state index contributed by atoms with van der Waals surface area (Å²) in [7, 11) is 3.58. The molecule has 0 atom stereocenters. The molecule has 0 spiro atoms. The van der Waals surface area contributed by atoms with Crippen LogP contribution in [0.1, 0.15) is 5.82 Å². The standard InChI is InChI=1S/C14H20N6O.HI/c1-15-14(17-10-13-18-11-19-20(13)2)16-8-9-21-12-6-4-3-5-7-12;/h3-7,11H,8-10H2,1-2H3,(H2,15,16,17);1H. The van der Waals surface area contributed by atoms with Crippen LogP contribution in [0.3, 0.4) is 0 Å². The highest BCUT2D eigenvalue weighted by molar-refractivity contribution is 14.0. The molecule has 0 aliphatic carbocycles. The van der Waals surface area contributed by atoms with Crippen molar-refractivity contribution in [1.29, 1.82) is 0 Å². The van der Waals surface area contributed by atoms with E-state index in [0.29, 0.717) is 25.7 Å². The van der Waals surface area contributed by atoms with Crippen molar-refractivity contribution in [3.05, 3.63) is 42.5 Å². The van der Waals surface area contributed by atoms with Gasteiger partial charge in [0.1, 0.15) is 24.5 Å². The minimum Gasteiger partial charge on any atom is -0.492 e. The van der Waals surface area contributed by atoms with E-state index in [2.05, 4.69) is 25.7 Å². The first-order valence-corrected chi connectivity index (χ1v) is 6.75. The van der Waals surface area contributed by atoms with Crippen LogP contribution in [0.4, 0.5) is 0 Å². The zero-order chi connectivity index (χ0) is 14.9. The number of hydrogen-bond donors (Lipinski definition) is 2. The van der Waals surface area contributed by atoms with Crippen LogP contribution in [0.2, 0.25) is 0 Å². The monoisotopic (exact) mass is 416 g/mol. The summed E-state index contributed by atoms with van der Waals surface area (Å²) < 4.78 is 7.32. The van der Waals surface area contributed by atoms with Crippen molar-refractivity contribution in [1.82, 2.24) is 25.4 Å². The summed E-state index contributed by atoms with van der Waals surface area (Å²) in [6.07, 6.45) is 1.53. The molecule has 1 aromatic carbocycles. The molecule has 22 heavy (non-hydrogen) atoms. The number of halogens is 1. The van der Waals surface area contributed by atoms with Crippen molar-refractivity contribution in [3.8, 4) is 5.75 Å². The van der Waals surface area contributed by atoms with Crippen molar-refractivity contribution < 1.29 is 4.74 Å². The molecule has 2 N–H and O–H groups in total. The number of rotatable bonds is 6. The fourth-order valence-corrected chi connectivity index (χ4v) is 1.72. The number of benzene rings is 1. The number of aliphatic imine (C=N–C) groups is 1. The minimum atomic E-state index is 0. The van der Waals surface area contributed by atoms with Gasteiger partial charge in [-0.15, -0.1) is 24.0 Å². The fourth-order valence-electron chi connectivity index (χ4n) is 1.72. The van der Waals surface area contributed by atoms with Crippen LogP contribution in [0, 0.1) is 0 Å². The lowest BCUT2D eigenvalue weighted by molar-refractivity contribution is 0.322. The summed E-state index contributed by atoms with van der Waals surface area (Å²) >= 11 is 0. The fraction of sp³-hybridized carbons (Fsp3) is 0.357. The smallest absolute Gasteiger partial charge is 0.191 e. The first kappa shape index (κ1) is 18.2. The van der Waals surface area contributed by atoms with Gasteiger partial charge in [0.05, 0.1) is 13.1 Å². The van der Waals surface area contributed by atoms with Crippen LogP contribution in [0.5, 0.6) is 5.75 Å². The second kappa shape index (κ2) is 9.98. The third kappa shape index (κ3) is 5.88. The lowest BCUT2D eigenvalue weighted by Gasteiger charge is -2.12. The van der Waals surface area contributed by atoms with Gasteiger partial charge in [0, 0.05) is 14.1 Å². The SMILES string of the molecule is CN=C(NCCOc1ccccc1)NCc1ncnn1C.I. The molecule has 0 fully saturated rings. The minimum absolute atomic E-state index is 0. The largest absolute Gasteiger partial charge is 0.492 e. The molecular weight excluding hydrogens is 395 g/mol. The molecule has 7 nitrogen and oxygen atoms in total. The van der Waals surface area contributed by atoms with E-state index in [0.717, 1.165) is 11.6 Å². The van der Waals surface area contributed by atoms with E-state index >= 15 is 0 Å². The average molecular weight is 416 g/mol. The van der Waals surface area contributed by atoms with Crippen LogP contribution in [0.15, 0.2) is 41.7 Å². The molecule has 0 radical (unpaired) electrons. The van der Waals surface area contributed by atoms with Crippen LogP contribution >= 0.6 is 24.0 Å². The molecular formula is C14H21IN6O. The van der Waals surface area contributed by atoms with Crippen molar-refractivity contribution in [2.45, 2.75) is 6.54 Å². The van der Waals surface area contributed by atoms with E-state index in [1.54, 1.807) is 11.7 Å². The molecule has 0 unspecified atom stereocenters. The number of ether oxygens (including phenoxy) is 1. The van der Waals surface area contributed by atoms with E-state index in [1.807, 2.05) is 37.4 Å². The number of aryl methyl sites for hydroxylation is 1. The van der Waals surface area contributed by atoms with Crippen LogP contribution in [0.25, 0.3) is 0 Å². The molecule has 2 aromatic rings. The maximum absolute atomic E-state index is 5.60. The molecule has 0 aliphatic rings. The van der Waals surface area contributed by atoms with E-state index in [9.17, 15) is 0 Å². The predicted molar refractivity (Wildman–Crippen MR) is 96.6 cm³/mol. The molecule has 0 amide bonds. The number of aromatic nitrogens is 3. The Hall–Kier alpha value is -1.84. The summed E-state index contributed by atoms with van der Waals surface area (Å²) in [5.41, 5.74) is 0. The Morgan fingerprint density at radius 1 is 1.27 bits per heavy atom. The molecule has 120 valence electrons. The van der Waals surface area contributed by atoms with Crippen LogP contribution in [-0.4, -0.2) is 40.9 Å². The normalized spacial score (nSPS) is 10.7. The Balaban J connectivity index is 0.00000242. The van der Waals surface area contributed by atoms with Gasteiger partial charge in [-0.1, -0.05) is 18.2 Å². The van der Waals surface area contributed by atoms with Gasteiger partial charge in [-0.3, -0.25) is 9.67 Å². The van der Waals surface area contributed by atoms with E-state index in [4.69, 9.17) is 4.74 Å². The van der Waals surface area contributed by atoms with Crippen molar-refractivity contribution in [3.63, 3.8) is 0 Å². The molecule has 1 heterocycles. The van der Waals surface area contributed by atoms with Gasteiger partial charge in [-0.25, -0.2) is 4.98 Å². The molecule has 1 aromatic heterocycles. The predicted octanol–water partition coefficient (Wildman–Crippen LogP) is 1.18. The Labute approximate surface area is 147 Å². The van der Waals surface area contributed by atoms with Gasteiger partial charge in [0.15, 0.2) is 5.96 Å². The van der Waals surface area contributed by atoms with Crippen LogP contribution in [-0.2, 0) is 13.6 Å². The molecule has 8 heteroatoms. The van der Waals surface area contributed by atoms with E-state index < -0.39 is 0 Å². The zero-order valence-electron chi connectivity index (χ0n) is 12.7. The lowest BCUT2D eigenvalue weighted by Crippen LogP contribution is -2.39. The number of nitrogens with one attached hydrogen (secondary N) is 2. The van der Waals surface area contributed by atoms with Gasteiger partial charge >= 0.3 is 0 Å². The summed E-state index contributed by atoms with van der Waals surface area (Å²) in [6, 6.07) is 9.72. The van der Waals surface area contributed by atoms with Gasteiger partial charge < -0.3 is 15.4 Å². The van der Waals surface area contributed by atoms with E-state index in [1.165, 1.54) is 6.33 Å². The Bertz CT molecular complexity index is 572. The highest BCUT2D eigenvalue weighted by atomic mass is 127. The maximum atomic E-state index is 5.60. The number of hydrogen-bond acceptors (Lipinski definition) is 4. The Morgan fingerprint density at radius 2 is 2.05 bits per heavy atom. The van der Waals surface area contributed by atoms with Gasteiger partial charge in [-0.2, -0.15) is 5.10 Å². The number of para-hydroxylation sites is 1. The molecule has 2 rings (SSSR count). The summed E-state index contributed by atoms with van der Waals surface area (Å²) in [5, 5.41) is 10.4. The molecule has 0 saturated heterocycles. The van der Waals surface area contributed by atoms with Gasteiger partial charge in [-0.05, 0) is 12.1 Å². The summed E-state index contributed by atoms with van der Waals surface area (Å²) in [5.74, 6) is 2.41. The Morgan fingerprint density at radius 3 is 2.68 bits per heavy atom. The second-order valence-corrected chi connectivity index (χ2v) is 4.31. The third-order valence-corrected chi connectivity index (χ3v) is 2.85. The first-order valence-electron chi connectivity index (χ1n) is 6.75. The van der Waals surface area contributed by atoms with Crippen LogP contribution < -0.4 is 15.4 Å². The lowest BCUT2D eigenvalue weighted by atomic mass is 10.3. The summed E-state index contributed by atoms with van der Waals surface area (Å²) in [6.45, 7) is 1.79. The number of guanidine groups is 1. The highest BCUT2D eigenvalue weighted by Gasteiger charge is 2.02. The van der Waals surface area contributed by atoms with Gasteiger partial charge in [0.25, 0.3) is 0 Å².